The molecule has 116 valence electrons. The highest BCUT2D eigenvalue weighted by molar-refractivity contribution is 5.78. The molecule has 0 aromatic heterocycles. The summed E-state index contributed by atoms with van der Waals surface area (Å²) in [5, 5.41) is 7.57. The summed E-state index contributed by atoms with van der Waals surface area (Å²) >= 11 is 0. The van der Waals surface area contributed by atoms with Gasteiger partial charge in [0.25, 0.3) is 0 Å². The molecule has 1 aliphatic carbocycles. The molecule has 1 aliphatic rings. The second kappa shape index (κ2) is 7.26. The largest absolute Gasteiger partial charge is 0.397 e. The van der Waals surface area contributed by atoms with Crippen molar-refractivity contribution >= 4 is 0 Å². The van der Waals surface area contributed by atoms with E-state index >= 15 is 0 Å². The van der Waals surface area contributed by atoms with Crippen molar-refractivity contribution < 1.29 is 5.11 Å². The first-order valence-corrected chi connectivity index (χ1v) is 8.17. The van der Waals surface area contributed by atoms with Crippen molar-refractivity contribution in [2.75, 3.05) is 6.61 Å². The Balaban J connectivity index is 0.000000485. The van der Waals surface area contributed by atoms with Crippen LogP contribution >= 0.6 is 0 Å². The monoisotopic (exact) mass is 302 g/mol. The minimum atomic E-state index is 0.250. The second-order valence-corrected chi connectivity index (χ2v) is 5.76. The van der Waals surface area contributed by atoms with Crippen LogP contribution in [0.2, 0.25) is 0 Å². The Labute approximate surface area is 138 Å². The molecule has 3 aromatic carbocycles. The Morgan fingerprint density at radius 2 is 1.43 bits per heavy atom. The maximum atomic E-state index is 7.57. The van der Waals surface area contributed by atoms with Gasteiger partial charge < -0.3 is 5.11 Å². The minimum Gasteiger partial charge on any atom is -0.397 e. The number of fused-ring (bicyclic) bond motifs is 3. The van der Waals surface area contributed by atoms with E-state index < -0.39 is 0 Å². The molecule has 4 rings (SSSR count). The van der Waals surface area contributed by atoms with Crippen LogP contribution in [0.5, 0.6) is 0 Å². The van der Waals surface area contributed by atoms with Crippen LogP contribution in [0.1, 0.15) is 29.2 Å². The van der Waals surface area contributed by atoms with Gasteiger partial charge in [-0.3, -0.25) is 0 Å². The third-order valence-corrected chi connectivity index (χ3v) is 4.19. The van der Waals surface area contributed by atoms with Gasteiger partial charge in [0.2, 0.25) is 0 Å². The van der Waals surface area contributed by atoms with Crippen molar-refractivity contribution in [3.8, 4) is 11.1 Å². The molecule has 0 atom stereocenters. The van der Waals surface area contributed by atoms with Crippen molar-refractivity contribution in [2.45, 2.75) is 19.8 Å². The molecule has 0 saturated heterocycles. The zero-order valence-electron chi connectivity index (χ0n) is 13.5. The van der Waals surface area contributed by atoms with Crippen molar-refractivity contribution in [3.05, 3.63) is 95.1 Å². The average molecular weight is 302 g/mol. The summed E-state index contributed by atoms with van der Waals surface area (Å²) in [6.07, 6.45) is 2.10. The van der Waals surface area contributed by atoms with Gasteiger partial charge in [-0.05, 0) is 53.1 Å². The molecule has 0 radical (unpaired) electrons. The Morgan fingerprint density at radius 3 is 2.22 bits per heavy atom. The standard InChI is InChI=1S/C20H16.C2H6O/c1-2-7-15(8-3-1)13-16-10-6-12-19-18-11-5-4-9-17(18)14-20(16)19;1-2-3/h1-12H,13-14H2;3H,2H2,1H3. The molecule has 0 amide bonds. The fraction of sp³-hybridized carbons (Fsp3) is 0.182. The maximum absolute atomic E-state index is 7.57. The summed E-state index contributed by atoms with van der Waals surface area (Å²) in [6.45, 7) is 1.93. The second-order valence-electron chi connectivity index (χ2n) is 5.76. The molecule has 1 heteroatoms. The molecule has 1 N–H and O–H groups in total. The number of hydrogen-bond donors (Lipinski definition) is 1. The van der Waals surface area contributed by atoms with Crippen LogP contribution in [-0.4, -0.2) is 11.7 Å². The SMILES string of the molecule is CCO.c1ccc(Cc2cccc3c2Cc2ccccc2-3)cc1. The van der Waals surface area contributed by atoms with Crippen molar-refractivity contribution in [3.63, 3.8) is 0 Å². The first-order valence-electron chi connectivity index (χ1n) is 8.17. The van der Waals surface area contributed by atoms with Gasteiger partial charge in [0, 0.05) is 6.61 Å². The summed E-state index contributed by atoms with van der Waals surface area (Å²) < 4.78 is 0. The van der Waals surface area contributed by atoms with Crippen LogP contribution in [0.3, 0.4) is 0 Å². The fourth-order valence-corrected chi connectivity index (χ4v) is 3.20. The lowest BCUT2D eigenvalue weighted by Gasteiger charge is -2.08. The van der Waals surface area contributed by atoms with Crippen LogP contribution in [-0.2, 0) is 12.8 Å². The van der Waals surface area contributed by atoms with Crippen molar-refractivity contribution in [1.82, 2.24) is 0 Å². The van der Waals surface area contributed by atoms with E-state index in [1.165, 1.54) is 33.4 Å². The molecule has 3 aromatic rings. The lowest BCUT2D eigenvalue weighted by atomic mass is 9.96. The van der Waals surface area contributed by atoms with E-state index in [4.69, 9.17) is 5.11 Å². The molecule has 0 heterocycles. The molecular weight excluding hydrogens is 280 g/mol. The van der Waals surface area contributed by atoms with E-state index in [1.807, 2.05) is 0 Å². The number of rotatable bonds is 2. The van der Waals surface area contributed by atoms with Crippen molar-refractivity contribution in [2.24, 2.45) is 0 Å². The van der Waals surface area contributed by atoms with E-state index in [1.54, 1.807) is 6.92 Å². The quantitative estimate of drug-likeness (QED) is 0.561. The molecular formula is C22H22O. The van der Waals surface area contributed by atoms with Gasteiger partial charge in [0.15, 0.2) is 0 Å². The van der Waals surface area contributed by atoms with Crippen LogP contribution in [0.15, 0.2) is 72.8 Å². The van der Waals surface area contributed by atoms with Gasteiger partial charge in [-0.1, -0.05) is 72.8 Å². The lowest BCUT2D eigenvalue weighted by Crippen LogP contribution is -1.94. The number of aliphatic hydroxyl groups is 1. The normalized spacial score (nSPS) is 11.2. The molecule has 0 fully saturated rings. The van der Waals surface area contributed by atoms with Gasteiger partial charge in [-0.25, -0.2) is 0 Å². The van der Waals surface area contributed by atoms with Gasteiger partial charge in [-0.2, -0.15) is 0 Å². The smallest absolute Gasteiger partial charge is 0.0402 e. The van der Waals surface area contributed by atoms with Gasteiger partial charge in [0.1, 0.15) is 0 Å². The average Bonchev–Trinajstić information content (AvgIpc) is 2.97. The lowest BCUT2D eigenvalue weighted by molar-refractivity contribution is 0.318. The zero-order valence-corrected chi connectivity index (χ0v) is 13.5. The summed E-state index contributed by atoms with van der Waals surface area (Å²) in [5.41, 5.74) is 8.66. The minimum absolute atomic E-state index is 0.250. The summed E-state index contributed by atoms with van der Waals surface area (Å²) in [4.78, 5) is 0. The Bertz CT molecular complexity index is 775. The third kappa shape index (κ3) is 3.35. The highest BCUT2D eigenvalue weighted by atomic mass is 16.2. The van der Waals surface area contributed by atoms with Gasteiger partial charge in [-0.15, -0.1) is 0 Å². The van der Waals surface area contributed by atoms with Crippen LogP contribution in [0.25, 0.3) is 11.1 Å². The van der Waals surface area contributed by atoms with Crippen LogP contribution in [0.4, 0.5) is 0 Å². The number of hydrogen-bond acceptors (Lipinski definition) is 1. The molecule has 0 spiro atoms. The number of aliphatic hydroxyl groups excluding tert-OH is 1. The number of benzene rings is 3. The molecule has 0 unspecified atom stereocenters. The van der Waals surface area contributed by atoms with E-state index in [0.717, 1.165) is 12.8 Å². The highest BCUT2D eigenvalue weighted by Gasteiger charge is 2.19. The van der Waals surface area contributed by atoms with E-state index in [2.05, 4.69) is 72.8 Å². The molecule has 0 saturated carbocycles. The summed E-state index contributed by atoms with van der Waals surface area (Å²) in [5.74, 6) is 0. The molecule has 1 nitrogen and oxygen atoms in total. The first-order chi connectivity index (χ1) is 11.3. The third-order valence-electron chi connectivity index (χ3n) is 4.19. The molecule has 0 aliphatic heterocycles. The van der Waals surface area contributed by atoms with Crippen LogP contribution < -0.4 is 0 Å². The zero-order chi connectivity index (χ0) is 16.1. The van der Waals surface area contributed by atoms with Gasteiger partial charge >= 0.3 is 0 Å². The Kier molecular flexibility index (Phi) is 4.89. The molecule has 23 heavy (non-hydrogen) atoms. The Morgan fingerprint density at radius 1 is 0.783 bits per heavy atom. The fourth-order valence-electron chi connectivity index (χ4n) is 3.20. The summed E-state index contributed by atoms with van der Waals surface area (Å²) in [7, 11) is 0. The Hall–Kier alpha value is -2.38. The predicted molar refractivity (Wildman–Crippen MR) is 96.7 cm³/mol. The van der Waals surface area contributed by atoms with Crippen LogP contribution in [0, 0.1) is 0 Å². The van der Waals surface area contributed by atoms with E-state index in [9.17, 15) is 0 Å². The summed E-state index contributed by atoms with van der Waals surface area (Å²) in [6, 6.07) is 26.2. The van der Waals surface area contributed by atoms with E-state index in [-0.39, 0.29) is 6.61 Å². The topological polar surface area (TPSA) is 20.2 Å². The van der Waals surface area contributed by atoms with E-state index in [0.29, 0.717) is 0 Å². The predicted octanol–water partition coefficient (Wildman–Crippen LogP) is 4.85. The first kappa shape index (κ1) is 15.5. The molecule has 0 bridgehead atoms. The van der Waals surface area contributed by atoms with Gasteiger partial charge in [0.05, 0.1) is 0 Å². The maximum Gasteiger partial charge on any atom is 0.0402 e. The highest BCUT2D eigenvalue weighted by Crippen LogP contribution is 2.38. The van der Waals surface area contributed by atoms with Crippen molar-refractivity contribution in [1.29, 1.82) is 0 Å².